The Morgan fingerprint density at radius 2 is 1.53 bits per heavy atom. The number of ether oxygens (including phenoxy) is 2. The number of methoxy groups -OCH3 is 1. The molecule has 0 aliphatic rings. The number of carbonyl (C=O) groups is 2. The topological polar surface area (TPSA) is 64.6 Å². The number of esters is 2. The van der Waals surface area contributed by atoms with Crippen LogP contribution in [0.5, 0.6) is 0 Å². The molecule has 0 unspecified atom stereocenters. The minimum Gasteiger partial charge on any atom is -0.465 e. The van der Waals surface area contributed by atoms with Gasteiger partial charge in [0.25, 0.3) is 0 Å². The molecule has 0 saturated carbocycles. The summed E-state index contributed by atoms with van der Waals surface area (Å²) in [4.78, 5) is 24.3. The third-order valence-electron chi connectivity index (χ3n) is 5.31. The van der Waals surface area contributed by atoms with Gasteiger partial charge in [-0.25, -0.2) is 9.59 Å². The Kier molecular flexibility index (Phi) is 11.4. The molecule has 3 aromatic carbocycles. The van der Waals surface area contributed by atoms with Crippen molar-refractivity contribution in [1.29, 1.82) is 0 Å². The van der Waals surface area contributed by atoms with Crippen LogP contribution in [0.25, 0.3) is 11.1 Å². The van der Waals surface area contributed by atoms with Gasteiger partial charge in [0.15, 0.2) is 0 Å². The molecule has 0 fully saturated rings. The van der Waals surface area contributed by atoms with E-state index in [4.69, 9.17) is 9.47 Å². The van der Waals surface area contributed by atoms with Gasteiger partial charge in [0, 0.05) is 6.54 Å². The molecule has 3 rings (SSSR count). The fraction of sp³-hybridized carbons (Fsp3) is 0.355. The zero-order chi connectivity index (χ0) is 26.6. The molecule has 0 saturated heterocycles. The van der Waals surface area contributed by atoms with E-state index in [9.17, 15) is 9.59 Å². The summed E-state index contributed by atoms with van der Waals surface area (Å²) in [5.41, 5.74) is 4.76. The molecular formula is C31H39NO4. The third-order valence-corrected chi connectivity index (χ3v) is 5.31. The van der Waals surface area contributed by atoms with Crippen LogP contribution in [0, 0.1) is 0 Å². The van der Waals surface area contributed by atoms with E-state index in [1.54, 1.807) is 12.1 Å². The predicted octanol–water partition coefficient (Wildman–Crippen LogP) is 6.84. The molecule has 5 nitrogen and oxygen atoms in total. The Morgan fingerprint density at radius 1 is 0.833 bits per heavy atom. The van der Waals surface area contributed by atoms with Gasteiger partial charge in [-0.15, -0.1) is 0 Å². The van der Waals surface area contributed by atoms with Gasteiger partial charge in [-0.05, 0) is 80.6 Å². The van der Waals surface area contributed by atoms with E-state index in [0.29, 0.717) is 11.1 Å². The molecule has 5 heteroatoms. The monoisotopic (exact) mass is 489 g/mol. The van der Waals surface area contributed by atoms with Gasteiger partial charge < -0.3 is 14.8 Å². The van der Waals surface area contributed by atoms with Gasteiger partial charge in [0.05, 0.1) is 18.2 Å². The van der Waals surface area contributed by atoms with E-state index in [2.05, 4.69) is 17.4 Å². The molecule has 0 aromatic heterocycles. The summed E-state index contributed by atoms with van der Waals surface area (Å²) in [6.45, 7) is 11.2. The van der Waals surface area contributed by atoms with Gasteiger partial charge in [-0.3, -0.25) is 0 Å². The van der Waals surface area contributed by atoms with E-state index in [0.717, 1.165) is 42.6 Å². The molecule has 0 bridgehead atoms. The van der Waals surface area contributed by atoms with E-state index in [-0.39, 0.29) is 11.9 Å². The number of nitrogens with one attached hydrogen (secondary N) is 1. The minimum absolute atomic E-state index is 0.308. The van der Waals surface area contributed by atoms with Crippen molar-refractivity contribution in [3.8, 4) is 11.1 Å². The first-order valence-corrected chi connectivity index (χ1v) is 12.6. The first-order valence-electron chi connectivity index (χ1n) is 12.6. The van der Waals surface area contributed by atoms with E-state index in [1.807, 2.05) is 83.1 Å². The van der Waals surface area contributed by atoms with Crippen LogP contribution in [0.2, 0.25) is 0 Å². The first kappa shape index (κ1) is 28.8. The van der Waals surface area contributed by atoms with Crippen LogP contribution in [0.15, 0.2) is 72.8 Å². The average molecular weight is 490 g/mol. The highest BCUT2D eigenvalue weighted by molar-refractivity contribution is 5.97. The SMILES string of the molecule is CC.COC(=O)c1cccc(CCCNCc2ccc(-c3ccccc3C(=O)OC(C)(C)C)cc2)c1. The van der Waals surface area contributed by atoms with Crippen molar-refractivity contribution in [2.24, 2.45) is 0 Å². The largest absolute Gasteiger partial charge is 0.465 e. The van der Waals surface area contributed by atoms with Gasteiger partial charge >= 0.3 is 11.9 Å². The molecule has 192 valence electrons. The average Bonchev–Trinajstić information content (AvgIpc) is 2.89. The van der Waals surface area contributed by atoms with Crippen molar-refractivity contribution in [2.75, 3.05) is 13.7 Å². The van der Waals surface area contributed by atoms with Gasteiger partial charge in [0.2, 0.25) is 0 Å². The highest BCUT2D eigenvalue weighted by Gasteiger charge is 2.20. The molecule has 0 atom stereocenters. The lowest BCUT2D eigenvalue weighted by atomic mass is 9.98. The predicted molar refractivity (Wildman–Crippen MR) is 146 cm³/mol. The first-order chi connectivity index (χ1) is 17.3. The normalized spacial score (nSPS) is 10.7. The molecule has 1 N–H and O–H groups in total. The Hall–Kier alpha value is -3.44. The highest BCUT2D eigenvalue weighted by atomic mass is 16.6. The molecule has 0 radical (unpaired) electrons. The Labute approximate surface area is 215 Å². The van der Waals surface area contributed by atoms with Crippen LogP contribution in [-0.2, 0) is 22.4 Å². The number of aryl methyl sites for hydroxylation is 1. The van der Waals surface area contributed by atoms with Crippen molar-refractivity contribution >= 4 is 11.9 Å². The number of carbonyl (C=O) groups excluding carboxylic acids is 2. The number of hydrogen-bond acceptors (Lipinski definition) is 5. The summed E-state index contributed by atoms with van der Waals surface area (Å²) in [6, 6.07) is 23.3. The third kappa shape index (κ3) is 8.97. The fourth-order valence-electron chi connectivity index (χ4n) is 3.67. The minimum atomic E-state index is -0.538. The molecule has 0 amide bonds. The molecule has 36 heavy (non-hydrogen) atoms. The highest BCUT2D eigenvalue weighted by Crippen LogP contribution is 2.26. The quantitative estimate of drug-likeness (QED) is 0.263. The smallest absolute Gasteiger partial charge is 0.339 e. The van der Waals surface area contributed by atoms with E-state index >= 15 is 0 Å². The van der Waals surface area contributed by atoms with Crippen molar-refractivity contribution < 1.29 is 19.1 Å². The van der Waals surface area contributed by atoms with Crippen molar-refractivity contribution in [3.63, 3.8) is 0 Å². The molecule has 3 aromatic rings. The summed E-state index contributed by atoms with van der Waals surface area (Å²) in [5.74, 6) is -0.622. The number of benzene rings is 3. The summed E-state index contributed by atoms with van der Waals surface area (Å²) in [7, 11) is 1.39. The molecule has 0 aliphatic carbocycles. The second kappa shape index (κ2) is 14.2. The van der Waals surface area contributed by atoms with E-state index < -0.39 is 5.60 Å². The maximum absolute atomic E-state index is 12.6. The molecule has 0 aliphatic heterocycles. The van der Waals surface area contributed by atoms with E-state index in [1.165, 1.54) is 12.7 Å². The Morgan fingerprint density at radius 3 is 2.19 bits per heavy atom. The summed E-state index contributed by atoms with van der Waals surface area (Å²) < 4.78 is 10.4. The van der Waals surface area contributed by atoms with Crippen LogP contribution in [0.1, 0.15) is 72.9 Å². The lowest BCUT2D eigenvalue weighted by molar-refractivity contribution is 0.00702. The lowest BCUT2D eigenvalue weighted by Crippen LogP contribution is -2.24. The summed E-state index contributed by atoms with van der Waals surface area (Å²) in [6.07, 6.45) is 1.85. The maximum Gasteiger partial charge on any atom is 0.339 e. The van der Waals surface area contributed by atoms with Crippen LogP contribution in [-0.4, -0.2) is 31.2 Å². The molecule has 0 heterocycles. The Bertz CT molecular complexity index is 1110. The van der Waals surface area contributed by atoms with Crippen molar-refractivity contribution in [1.82, 2.24) is 5.32 Å². The number of hydrogen-bond donors (Lipinski definition) is 1. The van der Waals surface area contributed by atoms with Crippen LogP contribution >= 0.6 is 0 Å². The summed E-state index contributed by atoms with van der Waals surface area (Å²) >= 11 is 0. The zero-order valence-corrected chi connectivity index (χ0v) is 22.4. The van der Waals surface area contributed by atoms with Crippen molar-refractivity contribution in [3.05, 3.63) is 95.1 Å². The van der Waals surface area contributed by atoms with Crippen LogP contribution in [0.4, 0.5) is 0 Å². The summed E-state index contributed by atoms with van der Waals surface area (Å²) in [5, 5.41) is 3.47. The maximum atomic E-state index is 12.6. The van der Waals surface area contributed by atoms with Crippen LogP contribution < -0.4 is 5.32 Å². The van der Waals surface area contributed by atoms with Gasteiger partial charge in [-0.1, -0.05) is 68.4 Å². The second-order valence-corrected chi connectivity index (χ2v) is 9.22. The fourth-order valence-corrected chi connectivity index (χ4v) is 3.67. The number of rotatable bonds is 9. The Balaban J connectivity index is 0.00000222. The zero-order valence-electron chi connectivity index (χ0n) is 22.4. The van der Waals surface area contributed by atoms with Gasteiger partial charge in [-0.2, -0.15) is 0 Å². The molecular weight excluding hydrogens is 450 g/mol. The van der Waals surface area contributed by atoms with Gasteiger partial charge in [0.1, 0.15) is 5.60 Å². The van der Waals surface area contributed by atoms with Crippen molar-refractivity contribution in [2.45, 2.75) is 59.6 Å². The van der Waals surface area contributed by atoms with Crippen LogP contribution in [0.3, 0.4) is 0 Å². The standard InChI is InChI=1S/C29H33NO4.C2H6/c1-29(2,3)34-28(32)26-13-6-5-12-25(26)23-16-14-22(15-17-23)20-30-18-8-10-21-9-7-11-24(19-21)27(31)33-4;1-2/h5-7,9,11-17,19,30H,8,10,18,20H2,1-4H3;1-2H3. The molecule has 0 spiro atoms. The lowest BCUT2D eigenvalue weighted by Gasteiger charge is -2.20. The second-order valence-electron chi connectivity index (χ2n) is 9.22.